The number of nitrogen functional groups attached to an aromatic ring is 2. The minimum absolute atomic E-state index is 0.0398. The monoisotopic (exact) mass is 362 g/mol. The summed E-state index contributed by atoms with van der Waals surface area (Å²) in [6.07, 6.45) is 0. The van der Waals surface area contributed by atoms with Crippen molar-refractivity contribution in [3.63, 3.8) is 0 Å². The number of rotatable bonds is 4. The zero-order valence-electron chi connectivity index (χ0n) is 14.3. The molecular weight excluding hydrogens is 344 g/mol. The second-order valence-electron chi connectivity index (χ2n) is 5.89. The fourth-order valence-electron chi connectivity index (χ4n) is 2.50. The van der Waals surface area contributed by atoms with Gasteiger partial charge in [-0.1, -0.05) is 12.1 Å². The molecule has 3 aromatic carbocycles. The first-order valence-electron chi connectivity index (χ1n) is 8.09. The van der Waals surface area contributed by atoms with E-state index in [1.807, 2.05) is 0 Å². The van der Waals surface area contributed by atoms with Crippen molar-refractivity contribution < 1.29 is 14.7 Å². The Kier molecular flexibility index (Phi) is 4.94. The molecule has 3 rings (SSSR count). The van der Waals surface area contributed by atoms with Gasteiger partial charge in [-0.25, -0.2) is 0 Å². The number of benzene rings is 3. The van der Waals surface area contributed by atoms with E-state index < -0.39 is 11.8 Å². The van der Waals surface area contributed by atoms with Crippen LogP contribution in [0.3, 0.4) is 0 Å². The first kappa shape index (κ1) is 17.8. The molecule has 0 saturated heterocycles. The van der Waals surface area contributed by atoms with Gasteiger partial charge in [0.25, 0.3) is 11.8 Å². The van der Waals surface area contributed by atoms with Crippen LogP contribution in [0.1, 0.15) is 20.7 Å². The molecule has 0 unspecified atom stereocenters. The summed E-state index contributed by atoms with van der Waals surface area (Å²) in [6, 6.07) is 17.5. The molecule has 0 bridgehead atoms. The number of anilines is 4. The fourth-order valence-corrected chi connectivity index (χ4v) is 2.50. The molecule has 0 fully saturated rings. The SMILES string of the molecule is Nc1cccc(NC(=O)c2ccc(C(=O)Nc3cccc(N)c3)c(O)c2)c1. The number of nitrogens with two attached hydrogens (primary N) is 2. The van der Waals surface area contributed by atoms with Crippen LogP contribution in [0, 0.1) is 0 Å². The van der Waals surface area contributed by atoms with E-state index in [4.69, 9.17) is 11.5 Å². The van der Waals surface area contributed by atoms with Crippen molar-refractivity contribution in [2.75, 3.05) is 22.1 Å². The lowest BCUT2D eigenvalue weighted by molar-refractivity contribution is 0.101. The maximum Gasteiger partial charge on any atom is 0.259 e. The van der Waals surface area contributed by atoms with Crippen molar-refractivity contribution >= 4 is 34.6 Å². The molecule has 0 saturated carbocycles. The molecule has 27 heavy (non-hydrogen) atoms. The molecule has 0 heterocycles. The third kappa shape index (κ3) is 4.35. The van der Waals surface area contributed by atoms with E-state index in [1.54, 1.807) is 48.5 Å². The highest BCUT2D eigenvalue weighted by molar-refractivity contribution is 6.09. The van der Waals surface area contributed by atoms with Gasteiger partial charge >= 0.3 is 0 Å². The zero-order chi connectivity index (χ0) is 19.4. The van der Waals surface area contributed by atoms with E-state index in [9.17, 15) is 14.7 Å². The second kappa shape index (κ2) is 7.49. The number of phenolic OH excluding ortho intramolecular Hbond substituents is 1. The third-order valence-electron chi connectivity index (χ3n) is 3.79. The number of hydrogen-bond donors (Lipinski definition) is 5. The standard InChI is InChI=1S/C20H18N4O3/c21-13-3-1-5-15(10-13)23-19(26)12-7-8-17(18(25)9-12)20(27)24-16-6-2-4-14(22)11-16/h1-11,25H,21-22H2,(H,23,26)(H,24,27). The van der Waals surface area contributed by atoms with Gasteiger partial charge in [0.2, 0.25) is 0 Å². The summed E-state index contributed by atoms with van der Waals surface area (Å²) in [4.78, 5) is 24.6. The molecule has 0 aromatic heterocycles. The topological polar surface area (TPSA) is 130 Å². The van der Waals surface area contributed by atoms with Crippen molar-refractivity contribution in [2.24, 2.45) is 0 Å². The van der Waals surface area contributed by atoms with Crippen molar-refractivity contribution in [3.05, 3.63) is 77.9 Å². The molecule has 0 atom stereocenters. The van der Waals surface area contributed by atoms with Gasteiger partial charge in [0, 0.05) is 28.3 Å². The van der Waals surface area contributed by atoms with Crippen LogP contribution in [0.25, 0.3) is 0 Å². The van der Waals surface area contributed by atoms with E-state index in [2.05, 4.69) is 10.6 Å². The number of nitrogens with one attached hydrogen (secondary N) is 2. The highest BCUT2D eigenvalue weighted by Crippen LogP contribution is 2.22. The first-order chi connectivity index (χ1) is 12.9. The van der Waals surface area contributed by atoms with Gasteiger partial charge in [0.1, 0.15) is 5.75 Å². The van der Waals surface area contributed by atoms with E-state index in [0.717, 1.165) is 0 Å². The van der Waals surface area contributed by atoms with Gasteiger partial charge in [0.05, 0.1) is 5.56 Å². The lowest BCUT2D eigenvalue weighted by Gasteiger charge is -2.10. The van der Waals surface area contributed by atoms with Gasteiger partial charge < -0.3 is 27.2 Å². The molecule has 2 amide bonds. The number of amides is 2. The summed E-state index contributed by atoms with van der Waals surface area (Å²) in [6.45, 7) is 0. The van der Waals surface area contributed by atoms with Crippen molar-refractivity contribution in [1.29, 1.82) is 0 Å². The van der Waals surface area contributed by atoms with Crippen molar-refractivity contribution in [1.82, 2.24) is 0 Å². The van der Waals surface area contributed by atoms with E-state index in [0.29, 0.717) is 22.7 Å². The smallest absolute Gasteiger partial charge is 0.259 e. The average molecular weight is 362 g/mol. The summed E-state index contributed by atoms with van der Waals surface area (Å²) in [5.74, 6) is -1.25. The van der Waals surface area contributed by atoms with Gasteiger partial charge in [0.15, 0.2) is 0 Å². The van der Waals surface area contributed by atoms with Crippen LogP contribution in [0.2, 0.25) is 0 Å². The highest BCUT2D eigenvalue weighted by Gasteiger charge is 2.15. The molecule has 136 valence electrons. The number of phenols is 1. The summed E-state index contributed by atoms with van der Waals surface area (Å²) < 4.78 is 0. The molecule has 0 spiro atoms. The predicted octanol–water partition coefficient (Wildman–Crippen LogP) is 3.06. The van der Waals surface area contributed by atoms with E-state index in [1.165, 1.54) is 18.2 Å². The Morgan fingerprint density at radius 2 is 1.30 bits per heavy atom. The van der Waals surface area contributed by atoms with Crippen LogP contribution in [0.5, 0.6) is 5.75 Å². The summed E-state index contributed by atoms with van der Waals surface area (Å²) >= 11 is 0. The van der Waals surface area contributed by atoms with Gasteiger partial charge in [-0.15, -0.1) is 0 Å². The number of hydrogen-bond acceptors (Lipinski definition) is 5. The Balaban J connectivity index is 1.74. The zero-order valence-corrected chi connectivity index (χ0v) is 14.3. The number of carbonyl (C=O) groups excluding carboxylic acids is 2. The largest absolute Gasteiger partial charge is 0.507 e. The lowest BCUT2D eigenvalue weighted by atomic mass is 10.1. The molecule has 0 aliphatic carbocycles. The van der Waals surface area contributed by atoms with Crippen LogP contribution in [0.4, 0.5) is 22.7 Å². The molecule has 7 nitrogen and oxygen atoms in total. The molecular formula is C20H18N4O3. The fraction of sp³-hybridized carbons (Fsp3) is 0. The Morgan fingerprint density at radius 3 is 1.81 bits per heavy atom. The minimum atomic E-state index is -0.513. The van der Waals surface area contributed by atoms with Crippen molar-refractivity contribution in [3.8, 4) is 5.75 Å². The molecule has 7 heteroatoms. The Hall–Kier alpha value is -4.00. The van der Waals surface area contributed by atoms with Crippen LogP contribution in [-0.2, 0) is 0 Å². The summed E-state index contributed by atoms with van der Waals surface area (Å²) in [5.41, 5.74) is 13.7. The van der Waals surface area contributed by atoms with Gasteiger partial charge in [-0.05, 0) is 54.6 Å². The molecule has 0 radical (unpaired) electrons. The van der Waals surface area contributed by atoms with Crippen LogP contribution < -0.4 is 22.1 Å². The minimum Gasteiger partial charge on any atom is -0.507 e. The maximum atomic E-state index is 12.3. The Labute approximate surface area is 155 Å². The molecule has 0 aliphatic rings. The van der Waals surface area contributed by atoms with E-state index >= 15 is 0 Å². The highest BCUT2D eigenvalue weighted by atomic mass is 16.3. The van der Waals surface area contributed by atoms with Crippen molar-refractivity contribution in [2.45, 2.75) is 0 Å². The lowest BCUT2D eigenvalue weighted by Crippen LogP contribution is -2.15. The third-order valence-corrected chi connectivity index (χ3v) is 3.79. The summed E-state index contributed by atoms with van der Waals surface area (Å²) in [5, 5.41) is 15.5. The normalized spacial score (nSPS) is 10.2. The van der Waals surface area contributed by atoms with Crippen LogP contribution in [0.15, 0.2) is 66.7 Å². The summed E-state index contributed by atoms with van der Waals surface area (Å²) in [7, 11) is 0. The quantitative estimate of drug-likeness (QED) is 0.455. The molecule has 3 aromatic rings. The van der Waals surface area contributed by atoms with Gasteiger partial charge in [-0.3, -0.25) is 9.59 Å². The Morgan fingerprint density at radius 1 is 0.741 bits per heavy atom. The first-order valence-corrected chi connectivity index (χ1v) is 8.09. The second-order valence-corrected chi connectivity index (χ2v) is 5.89. The average Bonchev–Trinajstić information content (AvgIpc) is 2.61. The van der Waals surface area contributed by atoms with Crippen LogP contribution >= 0.6 is 0 Å². The van der Waals surface area contributed by atoms with E-state index in [-0.39, 0.29) is 16.9 Å². The van der Waals surface area contributed by atoms with Gasteiger partial charge in [-0.2, -0.15) is 0 Å². The number of aromatic hydroxyl groups is 1. The molecule has 0 aliphatic heterocycles. The maximum absolute atomic E-state index is 12.3. The molecule has 7 N–H and O–H groups in total. The Bertz CT molecular complexity index is 1020. The predicted molar refractivity (Wildman–Crippen MR) is 106 cm³/mol. The van der Waals surface area contributed by atoms with Crippen LogP contribution in [-0.4, -0.2) is 16.9 Å². The number of carbonyl (C=O) groups is 2.